The van der Waals surface area contributed by atoms with Gasteiger partial charge in [0.2, 0.25) is 0 Å². The first-order chi connectivity index (χ1) is 10.6. The third-order valence-electron chi connectivity index (χ3n) is 4.77. The summed E-state index contributed by atoms with van der Waals surface area (Å²) in [4.78, 5) is 20.4. The molecule has 3 heterocycles. The van der Waals surface area contributed by atoms with Crippen LogP contribution < -0.4 is 15.0 Å². The van der Waals surface area contributed by atoms with Crippen molar-refractivity contribution in [3.05, 3.63) is 30.3 Å². The highest BCUT2D eigenvalue weighted by Gasteiger charge is 2.52. The minimum atomic E-state index is -0.0888. The lowest BCUT2D eigenvalue weighted by atomic mass is 9.89. The fourth-order valence-electron chi connectivity index (χ4n) is 3.29. The molecule has 4 rings (SSSR count). The Morgan fingerprint density at radius 2 is 2.09 bits per heavy atom. The molecule has 1 aromatic carbocycles. The van der Waals surface area contributed by atoms with E-state index in [1.54, 1.807) is 7.11 Å². The van der Waals surface area contributed by atoms with Crippen LogP contribution in [0.15, 0.2) is 30.3 Å². The molecule has 0 unspecified atom stereocenters. The van der Waals surface area contributed by atoms with Gasteiger partial charge < -0.3 is 19.9 Å². The fraction of sp³-hybridized carbons (Fsp3) is 0.375. The van der Waals surface area contributed by atoms with Gasteiger partial charge in [-0.2, -0.15) is 0 Å². The monoisotopic (exact) mass is 298 g/mol. The maximum Gasteiger partial charge on any atom is 0.317 e. The van der Waals surface area contributed by atoms with E-state index < -0.39 is 0 Å². The van der Waals surface area contributed by atoms with Gasteiger partial charge in [0, 0.05) is 32.1 Å². The summed E-state index contributed by atoms with van der Waals surface area (Å²) < 4.78 is 5.39. The van der Waals surface area contributed by atoms with Crippen LogP contribution in [0.4, 0.5) is 10.6 Å². The zero-order valence-electron chi connectivity index (χ0n) is 12.7. The van der Waals surface area contributed by atoms with E-state index in [9.17, 15) is 4.79 Å². The summed E-state index contributed by atoms with van der Waals surface area (Å²) in [5.41, 5.74) is 0.784. The highest BCUT2D eigenvalue weighted by atomic mass is 16.5. The van der Waals surface area contributed by atoms with Crippen LogP contribution >= 0.6 is 0 Å². The lowest BCUT2D eigenvalue weighted by Crippen LogP contribution is -2.69. The first-order valence-electron chi connectivity index (χ1n) is 7.33. The summed E-state index contributed by atoms with van der Waals surface area (Å²) in [5.74, 6) is 1.71. The van der Waals surface area contributed by atoms with Crippen molar-refractivity contribution < 1.29 is 9.53 Å². The van der Waals surface area contributed by atoms with Gasteiger partial charge >= 0.3 is 6.03 Å². The Balaban J connectivity index is 1.62. The lowest BCUT2D eigenvalue weighted by molar-refractivity contribution is 0.151. The Bertz CT molecular complexity index is 755. The number of para-hydroxylation sites is 1. The van der Waals surface area contributed by atoms with E-state index in [-0.39, 0.29) is 11.6 Å². The van der Waals surface area contributed by atoms with E-state index >= 15 is 0 Å². The van der Waals surface area contributed by atoms with E-state index in [4.69, 9.17) is 9.72 Å². The quantitative estimate of drug-likeness (QED) is 0.912. The number of carbonyl (C=O) groups is 1. The number of amides is 2. The summed E-state index contributed by atoms with van der Waals surface area (Å²) >= 11 is 0. The smallest absolute Gasteiger partial charge is 0.317 e. The number of nitrogens with zero attached hydrogens (tertiary/aromatic N) is 3. The van der Waals surface area contributed by atoms with Gasteiger partial charge in [-0.05, 0) is 18.2 Å². The average Bonchev–Trinajstić information content (AvgIpc) is 2.81. The molecule has 0 radical (unpaired) electrons. The predicted octanol–water partition coefficient (Wildman–Crippen LogP) is 1.46. The van der Waals surface area contributed by atoms with Crippen molar-refractivity contribution in [2.24, 2.45) is 0 Å². The zero-order valence-corrected chi connectivity index (χ0v) is 12.7. The van der Waals surface area contributed by atoms with Crippen LogP contribution in [0.1, 0.15) is 0 Å². The number of likely N-dealkylation sites (N-methyl/N-ethyl adjacent to an activating group) is 1. The molecule has 114 valence electrons. The molecule has 0 atom stereocenters. The SMILES string of the molecule is COc1cccc2ccc(N3CC4(CNC(=O)N4C)C3)nc12. The van der Waals surface area contributed by atoms with E-state index in [1.165, 1.54) is 0 Å². The molecule has 2 saturated heterocycles. The number of aromatic nitrogens is 1. The first kappa shape index (κ1) is 13.2. The number of methoxy groups -OCH3 is 1. The summed E-state index contributed by atoms with van der Waals surface area (Å²) in [5, 5.41) is 3.96. The fourth-order valence-corrected chi connectivity index (χ4v) is 3.29. The van der Waals surface area contributed by atoms with Gasteiger partial charge in [0.25, 0.3) is 0 Å². The highest BCUT2D eigenvalue weighted by Crippen LogP contribution is 2.34. The van der Waals surface area contributed by atoms with Crippen molar-refractivity contribution >= 4 is 22.8 Å². The number of hydrogen-bond donors (Lipinski definition) is 1. The number of hydrogen-bond acceptors (Lipinski definition) is 4. The number of rotatable bonds is 2. The van der Waals surface area contributed by atoms with Crippen LogP contribution in [0.2, 0.25) is 0 Å². The molecule has 2 aromatic rings. The van der Waals surface area contributed by atoms with Crippen molar-refractivity contribution in [3.63, 3.8) is 0 Å². The van der Waals surface area contributed by atoms with Gasteiger partial charge in [0.05, 0.1) is 12.6 Å². The number of nitrogens with one attached hydrogen (secondary N) is 1. The third-order valence-corrected chi connectivity index (χ3v) is 4.77. The highest BCUT2D eigenvalue weighted by molar-refractivity contribution is 5.86. The van der Waals surface area contributed by atoms with Crippen molar-refractivity contribution in [1.29, 1.82) is 0 Å². The number of urea groups is 1. The molecular weight excluding hydrogens is 280 g/mol. The van der Waals surface area contributed by atoms with Crippen molar-refractivity contribution in [2.45, 2.75) is 5.54 Å². The predicted molar refractivity (Wildman–Crippen MR) is 84.4 cm³/mol. The topological polar surface area (TPSA) is 57.7 Å². The molecule has 0 saturated carbocycles. The summed E-state index contributed by atoms with van der Waals surface area (Å²) in [6.45, 7) is 2.31. The Morgan fingerprint density at radius 1 is 1.27 bits per heavy atom. The molecule has 2 fully saturated rings. The molecule has 1 spiro atoms. The maximum atomic E-state index is 11.6. The van der Waals surface area contributed by atoms with Gasteiger partial charge in [-0.3, -0.25) is 0 Å². The molecule has 0 bridgehead atoms. The van der Waals surface area contributed by atoms with E-state index in [1.807, 2.05) is 36.2 Å². The number of carbonyl (C=O) groups excluding carboxylic acids is 1. The van der Waals surface area contributed by atoms with Crippen molar-refractivity contribution in [3.8, 4) is 5.75 Å². The number of fused-ring (bicyclic) bond motifs is 1. The van der Waals surface area contributed by atoms with Crippen molar-refractivity contribution in [1.82, 2.24) is 15.2 Å². The Hall–Kier alpha value is -2.50. The van der Waals surface area contributed by atoms with Crippen LogP contribution in [0.25, 0.3) is 10.9 Å². The number of benzene rings is 1. The molecule has 2 aliphatic rings. The van der Waals surface area contributed by atoms with Crippen LogP contribution in [-0.4, -0.2) is 55.2 Å². The summed E-state index contributed by atoms with van der Waals surface area (Å²) in [6.07, 6.45) is 0. The molecule has 2 aliphatic heterocycles. The van der Waals surface area contributed by atoms with E-state index in [2.05, 4.69) is 16.3 Å². The maximum absolute atomic E-state index is 11.6. The van der Waals surface area contributed by atoms with Crippen molar-refractivity contribution in [2.75, 3.05) is 38.7 Å². The Morgan fingerprint density at radius 3 is 2.77 bits per heavy atom. The summed E-state index contributed by atoms with van der Waals surface area (Å²) in [7, 11) is 3.52. The van der Waals surface area contributed by atoms with Crippen LogP contribution in [0, 0.1) is 0 Å². The largest absolute Gasteiger partial charge is 0.494 e. The molecule has 1 aromatic heterocycles. The minimum absolute atomic E-state index is 0.00721. The lowest BCUT2D eigenvalue weighted by Gasteiger charge is -2.51. The second-order valence-electron chi connectivity index (χ2n) is 6.00. The second kappa shape index (κ2) is 4.50. The zero-order chi connectivity index (χ0) is 15.3. The van der Waals surface area contributed by atoms with Gasteiger partial charge in [-0.1, -0.05) is 12.1 Å². The minimum Gasteiger partial charge on any atom is -0.494 e. The first-order valence-corrected chi connectivity index (χ1v) is 7.33. The second-order valence-corrected chi connectivity index (χ2v) is 6.00. The third kappa shape index (κ3) is 1.73. The summed E-state index contributed by atoms with van der Waals surface area (Å²) in [6, 6.07) is 10.0. The van der Waals surface area contributed by atoms with Crippen LogP contribution in [0.5, 0.6) is 5.75 Å². The molecule has 6 nitrogen and oxygen atoms in total. The normalized spacial score (nSPS) is 19.5. The number of ether oxygens (including phenoxy) is 1. The van der Waals surface area contributed by atoms with Crippen LogP contribution in [-0.2, 0) is 0 Å². The van der Waals surface area contributed by atoms with Gasteiger partial charge in [0.1, 0.15) is 17.1 Å². The molecule has 6 heteroatoms. The van der Waals surface area contributed by atoms with E-state index in [0.29, 0.717) is 6.54 Å². The Kier molecular flexibility index (Phi) is 2.69. The molecular formula is C16H18N4O2. The van der Waals surface area contributed by atoms with Crippen LogP contribution in [0.3, 0.4) is 0 Å². The molecule has 1 N–H and O–H groups in total. The standard InChI is InChI=1S/C16H18N4O2/c1-19-15(21)17-8-16(19)9-20(10-16)13-7-6-11-4-3-5-12(22-2)14(11)18-13/h3-7H,8-10H2,1-2H3,(H,17,21). The molecule has 2 amide bonds. The Labute approximate surface area is 128 Å². The molecule has 22 heavy (non-hydrogen) atoms. The molecule has 0 aliphatic carbocycles. The van der Waals surface area contributed by atoms with Gasteiger partial charge in [0.15, 0.2) is 0 Å². The van der Waals surface area contributed by atoms with E-state index in [0.717, 1.165) is 35.6 Å². The number of anilines is 1. The number of pyridine rings is 1. The van der Waals surface area contributed by atoms with Gasteiger partial charge in [-0.25, -0.2) is 9.78 Å². The average molecular weight is 298 g/mol. The van der Waals surface area contributed by atoms with Gasteiger partial charge in [-0.15, -0.1) is 0 Å².